The number of benzene rings is 1. The zero-order chi connectivity index (χ0) is 12.9. The molecule has 1 aromatic carbocycles. The third-order valence-electron chi connectivity index (χ3n) is 4.04. The van der Waals surface area contributed by atoms with Crippen LogP contribution in [0.5, 0.6) is 0 Å². The van der Waals surface area contributed by atoms with E-state index in [1.807, 2.05) is 6.07 Å². The molecule has 0 saturated carbocycles. The molecule has 0 bridgehead atoms. The summed E-state index contributed by atoms with van der Waals surface area (Å²) in [6.07, 6.45) is 5.25. The van der Waals surface area contributed by atoms with Crippen molar-refractivity contribution in [3.63, 3.8) is 0 Å². The largest absolute Gasteiger partial charge is 0.273 e. The Labute approximate surface area is 106 Å². The van der Waals surface area contributed by atoms with Crippen molar-refractivity contribution in [1.29, 1.82) is 0 Å². The van der Waals surface area contributed by atoms with E-state index in [-0.39, 0.29) is 16.5 Å². The maximum Gasteiger partial charge on any atom is 0.273 e. The molecule has 0 aromatic heterocycles. The summed E-state index contributed by atoms with van der Waals surface area (Å²) in [5.74, 6) is 0.579. The van der Waals surface area contributed by atoms with Gasteiger partial charge in [0.25, 0.3) is 5.69 Å². The molecule has 0 spiro atoms. The van der Waals surface area contributed by atoms with Crippen LogP contribution in [0.25, 0.3) is 0 Å². The molecule has 2 atom stereocenters. The number of nitrogens with zero attached hydrogens (tertiary/aromatic N) is 1. The Bertz CT molecular complexity index is 595. The van der Waals surface area contributed by atoms with Crippen molar-refractivity contribution in [2.45, 2.75) is 32.1 Å². The summed E-state index contributed by atoms with van der Waals surface area (Å²) >= 11 is 0. The minimum Gasteiger partial charge on any atom is -0.258 e. The number of nitro benzene ring substituents is 1. The highest BCUT2D eigenvalue weighted by molar-refractivity contribution is 5.63. The number of hydrogen-bond donors (Lipinski definition) is 0. The van der Waals surface area contributed by atoms with Crippen molar-refractivity contribution in [2.75, 3.05) is 0 Å². The smallest absolute Gasteiger partial charge is 0.258 e. The molecule has 2 unspecified atom stereocenters. The van der Waals surface area contributed by atoms with Crippen LogP contribution >= 0.6 is 0 Å². The Morgan fingerprint density at radius 3 is 2.83 bits per heavy atom. The molecule has 2 aliphatic carbocycles. The van der Waals surface area contributed by atoms with E-state index in [0.29, 0.717) is 5.92 Å². The minimum atomic E-state index is -0.264. The molecule has 3 rings (SSSR count). The van der Waals surface area contributed by atoms with Gasteiger partial charge in [-0.05, 0) is 25.8 Å². The highest BCUT2D eigenvalue weighted by Crippen LogP contribution is 2.57. The molecule has 2 aliphatic rings. The molecule has 0 aliphatic heterocycles. The van der Waals surface area contributed by atoms with E-state index in [9.17, 15) is 10.1 Å². The van der Waals surface area contributed by atoms with Crippen LogP contribution in [-0.4, -0.2) is 4.92 Å². The van der Waals surface area contributed by atoms with Gasteiger partial charge < -0.3 is 0 Å². The van der Waals surface area contributed by atoms with Crippen molar-refractivity contribution in [2.24, 2.45) is 0 Å². The van der Waals surface area contributed by atoms with Gasteiger partial charge in [-0.2, -0.15) is 0 Å². The van der Waals surface area contributed by atoms with Crippen molar-refractivity contribution in [3.05, 3.63) is 62.7 Å². The molecular formula is C15H15NO2. The number of hydrogen-bond acceptors (Lipinski definition) is 2. The Morgan fingerprint density at radius 1 is 1.39 bits per heavy atom. The first-order valence-corrected chi connectivity index (χ1v) is 6.21. The Balaban J connectivity index is 2.17. The fourth-order valence-corrected chi connectivity index (χ4v) is 3.22. The van der Waals surface area contributed by atoms with Crippen LogP contribution in [0.4, 0.5) is 5.69 Å². The predicted octanol–water partition coefficient (Wildman–Crippen LogP) is 4.07. The van der Waals surface area contributed by atoms with E-state index in [0.717, 1.165) is 17.5 Å². The van der Waals surface area contributed by atoms with E-state index >= 15 is 0 Å². The van der Waals surface area contributed by atoms with Gasteiger partial charge >= 0.3 is 0 Å². The summed E-state index contributed by atoms with van der Waals surface area (Å²) < 4.78 is 0. The molecule has 18 heavy (non-hydrogen) atoms. The van der Waals surface area contributed by atoms with Crippen LogP contribution in [0, 0.1) is 10.1 Å². The molecule has 0 heterocycles. The second-order valence-electron chi connectivity index (χ2n) is 5.20. The molecule has 0 radical (unpaired) electrons. The summed E-state index contributed by atoms with van der Waals surface area (Å²) in [5.41, 5.74) is 5.10. The normalized spacial score (nSPS) is 24.0. The monoisotopic (exact) mass is 241 g/mol. The highest BCUT2D eigenvalue weighted by atomic mass is 16.6. The molecule has 0 fully saturated rings. The zero-order valence-electron chi connectivity index (χ0n) is 10.5. The molecule has 1 aromatic rings. The lowest BCUT2D eigenvalue weighted by Gasteiger charge is -2.41. The van der Waals surface area contributed by atoms with Crippen LogP contribution in [0.1, 0.15) is 43.2 Å². The van der Waals surface area contributed by atoms with Crippen LogP contribution < -0.4 is 0 Å². The SMILES string of the molecule is CC(C)=C1CC=CC2c3c(cccc3[N+](=O)[O-])C12. The molecule has 92 valence electrons. The number of fused-ring (bicyclic) bond motifs is 4. The minimum absolute atomic E-state index is 0.209. The summed E-state index contributed by atoms with van der Waals surface area (Å²) in [7, 11) is 0. The van der Waals surface area contributed by atoms with E-state index in [1.165, 1.54) is 11.1 Å². The molecule has 0 saturated heterocycles. The van der Waals surface area contributed by atoms with Gasteiger partial charge in [0.1, 0.15) is 0 Å². The van der Waals surface area contributed by atoms with Gasteiger partial charge in [0.05, 0.1) is 4.92 Å². The third-order valence-corrected chi connectivity index (χ3v) is 4.04. The lowest BCUT2D eigenvalue weighted by Crippen LogP contribution is -2.28. The molecule has 0 amide bonds. The van der Waals surface area contributed by atoms with E-state index in [1.54, 1.807) is 12.1 Å². The lowest BCUT2D eigenvalue weighted by atomic mass is 9.61. The quantitative estimate of drug-likeness (QED) is 0.422. The number of nitro groups is 1. The van der Waals surface area contributed by atoms with Gasteiger partial charge in [0.2, 0.25) is 0 Å². The van der Waals surface area contributed by atoms with Gasteiger partial charge in [-0.15, -0.1) is 0 Å². The maximum absolute atomic E-state index is 11.1. The van der Waals surface area contributed by atoms with E-state index in [4.69, 9.17) is 0 Å². The number of allylic oxidation sites excluding steroid dienone is 4. The summed E-state index contributed by atoms with van der Waals surface area (Å²) in [6.45, 7) is 4.25. The van der Waals surface area contributed by atoms with Gasteiger partial charge in [-0.3, -0.25) is 10.1 Å². The first-order chi connectivity index (χ1) is 8.61. The molecule has 3 heteroatoms. The van der Waals surface area contributed by atoms with Crippen molar-refractivity contribution < 1.29 is 4.92 Å². The highest BCUT2D eigenvalue weighted by Gasteiger charge is 2.44. The topological polar surface area (TPSA) is 43.1 Å². The Hall–Kier alpha value is -1.90. The molecule has 0 N–H and O–H groups in total. The fourth-order valence-electron chi connectivity index (χ4n) is 3.22. The third kappa shape index (κ3) is 1.37. The fraction of sp³-hybridized carbons (Fsp3) is 0.333. The maximum atomic E-state index is 11.1. The van der Waals surface area contributed by atoms with Crippen LogP contribution in [0.15, 0.2) is 41.5 Å². The van der Waals surface area contributed by atoms with Crippen LogP contribution in [0.2, 0.25) is 0 Å². The van der Waals surface area contributed by atoms with Crippen LogP contribution in [0.3, 0.4) is 0 Å². The Kier molecular flexibility index (Phi) is 2.37. The van der Waals surface area contributed by atoms with E-state index < -0.39 is 0 Å². The van der Waals surface area contributed by atoms with Crippen LogP contribution in [-0.2, 0) is 0 Å². The molecular weight excluding hydrogens is 226 g/mol. The second-order valence-corrected chi connectivity index (χ2v) is 5.20. The van der Waals surface area contributed by atoms with Gasteiger partial charge in [-0.25, -0.2) is 0 Å². The average Bonchev–Trinajstić information content (AvgIpc) is 2.33. The molecule has 3 nitrogen and oxygen atoms in total. The van der Waals surface area contributed by atoms with Gasteiger partial charge in [-0.1, -0.05) is 35.4 Å². The first kappa shape index (κ1) is 11.2. The van der Waals surface area contributed by atoms with E-state index in [2.05, 4.69) is 26.0 Å². The predicted molar refractivity (Wildman–Crippen MR) is 70.7 cm³/mol. The zero-order valence-corrected chi connectivity index (χ0v) is 10.5. The lowest BCUT2D eigenvalue weighted by molar-refractivity contribution is -0.386. The first-order valence-electron chi connectivity index (χ1n) is 6.21. The van der Waals surface area contributed by atoms with Crippen molar-refractivity contribution in [3.8, 4) is 0 Å². The Morgan fingerprint density at radius 2 is 2.17 bits per heavy atom. The second kappa shape index (κ2) is 3.80. The summed E-state index contributed by atoms with van der Waals surface area (Å²) in [4.78, 5) is 10.8. The van der Waals surface area contributed by atoms with Crippen molar-refractivity contribution >= 4 is 5.69 Å². The van der Waals surface area contributed by atoms with Crippen molar-refractivity contribution in [1.82, 2.24) is 0 Å². The standard InChI is InChI=1S/C15H15NO2/c1-9(2)10-5-3-6-11-14(10)12-7-4-8-13(15(11)12)16(17)18/h3-4,6-8,11,14H,5H2,1-2H3. The summed E-state index contributed by atoms with van der Waals surface area (Å²) in [6, 6.07) is 5.44. The van der Waals surface area contributed by atoms with Gasteiger partial charge in [0.15, 0.2) is 0 Å². The summed E-state index contributed by atoms with van der Waals surface area (Å²) in [5, 5.41) is 11.1. The van der Waals surface area contributed by atoms with Gasteiger partial charge in [0, 0.05) is 23.5 Å². The number of rotatable bonds is 1. The average molecular weight is 241 g/mol.